The van der Waals surface area contributed by atoms with Gasteiger partial charge in [-0.1, -0.05) is 48.5 Å². The normalized spacial score (nSPS) is 13.2. The van der Waals surface area contributed by atoms with Crippen LogP contribution >= 0.6 is 0 Å². The van der Waals surface area contributed by atoms with Gasteiger partial charge < -0.3 is 15.2 Å². The molecule has 4 nitrogen and oxygen atoms in total. The van der Waals surface area contributed by atoms with E-state index in [1.54, 1.807) is 6.92 Å². The fourth-order valence-corrected chi connectivity index (χ4v) is 2.29. The average Bonchev–Trinajstić information content (AvgIpc) is 2.55. The van der Waals surface area contributed by atoms with E-state index >= 15 is 0 Å². The molecule has 2 aromatic carbocycles. The van der Waals surface area contributed by atoms with Crippen molar-refractivity contribution < 1.29 is 14.6 Å². The fourth-order valence-electron chi connectivity index (χ4n) is 2.29. The lowest BCUT2D eigenvalue weighted by Gasteiger charge is -2.20. The molecule has 1 amide bonds. The molecule has 0 spiro atoms. The molecule has 0 heterocycles. The highest BCUT2D eigenvalue weighted by Gasteiger charge is 2.17. The number of carbonyl (C=O) groups excluding carboxylic acids is 1. The monoisotopic (exact) mass is 313 g/mol. The standard InChI is InChI=1S/C19H23NO3/c1-14-8-6-7-11-18(14)23-13-19(22)20-15(2)17(21)12-16-9-4-3-5-10-16/h3-11,15,17,21H,12-13H2,1-2H3,(H,20,22). The number of benzene rings is 2. The predicted molar refractivity (Wildman–Crippen MR) is 90.4 cm³/mol. The third-order valence-electron chi connectivity index (χ3n) is 3.71. The van der Waals surface area contributed by atoms with Gasteiger partial charge in [0.05, 0.1) is 12.1 Å². The number of hydrogen-bond acceptors (Lipinski definition) is 3. The van der Waals surface area contributed by atoms with E-state index in [1.807, 2.05) is 61.5 Å². The number of nitrogens with one attached hydrogen (secondary N) is 1. The Morgan fingerprint density at radius 3 is 2.48 bits per heavy atom. The first-order valence-electron chi connectivity index (χ1n) is 7.76. The summed E-state index contributed by atoms with van der Waals surface area (Å²) in [4.78, 5) is 11.9. The molecular weight excluding hydrogens is 290 g/mol. The molecule has 2 rings (SSSR count). The lowest BCUT2D eigenvalue weighted by atomic mass is 10.0. The number of aliphatic hydroxyl groups is 1. The number of ether oxygens (including phenoxy) is 1. The quantitative estimate of drug-likeness (QED) is 0.825. The van der Waals surface area contributed by atoms with Crippen molar-refractivity contribution in [3.63, 3.8) is 0 Å². The first-order valence-corrected chi connectivity index (χ1v) is 7.76. The maximum atomic E-state index is 11.9. The summed E-state index contributed by atoms with van der Waals surface area (Å²) in [6, 6.07) is 16.9. The third kappa shape index (κ3) is 5.42. The van der Waals surface area contributed by atoms with Crippen molar-refractivity contribution in [2.24, 2.45) is 0 Å². The van der Waals surface area contributed by atoms with E-state index in [1.165, 1.54) is 0 Å². The van der Waals surface area contributed by atoms with E-state index in [0.717, 1.165) is 11.1 Å². The van der Waals surface area contributed by atoms with Crippen molar-refractivity contribution >= 4 is 5.91 Å². The molecular formula is C19H23NO3. The Kier molecular flexibility index (Phi) is 6.18. The number of amides is 1. The number of carbonyl (C=O) groups is 1. The summed E-state index contributed by atoms with van der Waals surface area (Å²) < 4.78 is 5.50. The number of rotatable bonds is 7. The van der Waals surface area contributed by atoms with Gasteiger partial charge in [-0.2, -0.15) is 0 Å². The molecule has 2 unspecified atom stereocenters. The van der Waals surface area contributed by atoms with Crippen LogP contribution in [0.1, 0.15) is 18.1 Å². The Hall–Kier alpha value is -2.33. The first-order chi connectivity index (χ1) is 11.1. The maximum Gasteiger partial charge on any atom is 0.258 e. The van der Waals surface area contributed by atoms with Crippen LogP contribution in [0, 0.1) is 6.92 Å². The van der Waals surface area contributed by atoms with Crippen LogP contribution in [0.5, 0.6) is 5.75 Å². The summed E-state index contributed by atoms with van der Waals surface area (Å²) in [5.41, 5.74) is 2.02. The van der Waals surface area contributed by atoms with Gasteiger partial charge in [0.2, 0.25) is 0 Å². The van der Waals surface area contributed by atoms with Crippen LogP contribution in [0.15, 0.2) is 54.6 Å². The van der Waals surface area contributed by atoms with Crippen LogP contribution in [-0.2, 0) is 11.2 Å². The van der Waals surface area contributed by atoms with Gasteiger partial charge in [0.1, 0.15) is 5.75 Å². The smallest absolute Gasteiger partial charge is 0.258 e. The van der Waals surface area contributed by atoms with E-state index in [-0.39, 0.29) is 18.6 Å². The Morgan fingerprint density at radius 1 is 1.13 bits per heavy atom. The highest BCUT2D eigenvalue weighted by atomic mass is 16.5. The zero-order valence-electron chi connectivity index (χ0n) is 13.5. The molecule has 4 heteroatoms. The van der Waals surface area contributed by atoms with Crippen LogP contribution in [0.2, 0.25) is 0 Å². The van der Waals surface area contributed by atoms with Crippen LogP contribution in [-0.4, -0.2) is 29.8 Å². The van der Waals surface area contributed by atoms with Gasteiger partial charge in [0, 0.05) is 6.42 Å². The van der Waals surface area contributed by atoms with Gasteiger partial charge in [-0.3, -0.25) is 4.79 Å². The van der Waals surface area contributed by atoms with Crippen molar-refractivity contribution in [1.29, 1.82) is 0 Å². The average molecular weight is 313 g/mol. The molecule has 0 radical (unpaired) electrons. The summed E-state index contributed by atoms with van der Waals surface area (Å²) in [7, 11) is 0. The Labute approximate surface area is 137 Å². The van der Waals surface area contributed by atoms with E-state index in [4.69, 9.17) is 4.74 Å². The second kappa shape index (κ2) is 8.34. The predicted octanol–water partition coefficient (Wildman–Crippen LogP) is 2.48. The van der Waals surface area contributed by atoms with E-state index < -0.39 is 6.10 Å². The highest BCUT2D eigenvalue weighted by molar-refractivity contribution is 5.77. The molecule has 2 aromatic rings. The van der Waals surface area contributed by atoms with E-state index in [2.05, 4.69) is 5.32 Å². The molecule has 0 aliphatic heterocycles. The molecule has 0 bridgehead atoms. The van der Waals surface area contributed by atoms with E-state index in [9.17, 15) is 9.90 Å². The summed E-state index contributed by atoms with van der Waals surface area (Å²) in [5.74, 6) is 0.452. The van der Waals surface area contributed by atoms with Crippen molar-refractivity contribution in [3.05, 3.63) is 65.7 Å². The molecule has 2 atom stereocenters. The van der Waals surface area contributed by atoms with Gasteiger partial charge in [-0.05, 0) is 31.0 Å². The molecule has 0 saturated heterocycles. The lowest BCUT2D eigenvalue weighted by molar-refractivity contribution is -0.124. The van der Waals surface area contributed by atoms with Gasteiger partial charge in [0.15, 0.2) is 6.61 Å². The fraction of sp³-hybridized carbons (Fsp3) is 0.316. The number of hydrogen-bond donors (Lipinski definition) is 2. The largest absolute Gasteiger partial charge is 0.484 e. The first kappa shape index (κ1) is 17.0. The molecule has 0 fully saturated rings. The van der Waals surface area contributed by atoms with Crippen LogP contribution in [0.25, 0.3) is 0 Å². The zero-order chi connectivity index (χ0) is 16.7. The minimum Gasteiger partial charge on any atom is -0.484 e. The second-order valence-corrected chi connectivity index (χ2v) is 5.67. The molecule has 0 saturated carbocycles. The zero-order valence-corrected chi connectivity index (χ0v) is 13.5. The summed E-state index contributed by atoms with van der Waals surface area (Å²) in [6.45, 7) is 3.66. The Morgan fingerprint density at radius 2 is 1.78 bits per heavy atom. The van der Waals surface area contributed by atoms with E-state index in [0.29, 0.717) is 12.2 Å². The van der Waals surface area contributed by atoms with Crippen LogP contribution in [0.4, 0.5) is 0 Å². The third-order valence-corrected chi connectivity index (χ3v) is 3.71. The van der Waals surface area contributed by atoms with Gasteiger partial charge >= 0.3 is 0 Å². The Balaban J connectivity index is 1.79. The van der Waals surface area contributed by atoms with Crippen molar-refractivity contribution in [1.82, 2.24) is 5.32 Å². The number of aliphatic hydroxyl groups excluding tert-OH is 1. The molecule has 23 heavy (non-hydrogen) atoms. The molecule has 0 aliphatic rings. The number of para-hydroxylation sites is 1. The highest BCUT2D eigenvalue weighted by Crippen LogP contribution is 2.15. The molecule has 0 aromatic heterocycles. The Bertz CT molecular complexity index is 628. The summed E-state index contributed by atoms with van der Waals surface area (Å²) in [6.07, 6.45) is -0.138. The topological polar surface area (TPSA) is 58.6 Å². The SMILES string of the molecule is Cc1ccccc1OCC(=O)NC(C)C(O)Cc1ccccc1. The van der Waals surface area contributed by atoms with Crippen molar-refractivity contribution in [3.8, 4) is 5.75 Å². The molecule has 122 valence electrons. The maximum absolute atomic E-state index is 11.9. The summed E-state index contributed by atoms with van der Waals surface area (Å²) >= 11 is 0. The summed E-state index contributed by atoms with van der Waals surface area (Å²) in [5, 5.41) is 13.0. The molecule has 0 aliphatic carbocycles. The number of aryl methyl sites for hydroxylation is 1. The van der Waals surface area contributed by atoms with Gasteiger partial charge in [-0.25, -0.2) is 0 Å². The second-order valence-electron chi connectivity index (χ2n) is 5.67. The molecule has 2 N–H and O–H groups in total. The lowest BCUT2D eigenvalue weighted by Crippen LogP contribution is -2.44. The van der Waals surface area contributed by atoms with Gasteiger partial charge in [0.25, 0.3) is 5.91 Å². The van der Waals surface area contributed by atoms with Crippen molar-refractivity contribution in [2.45, 2.75) is 32.4 Å². The van der Waals surface area contributed by atoms with Crippen LogP contribution < -0.4 is 10.1 Å². The van der Waals surface area contributed by atoms with Gasteiger partial charge in [-0.15, -0.1) is 0 Å². The minimum atomic E-state index is -0.639. The van der Waals surface area contributed by atoms with Crippen LogP contribution in [0.3, 0.4) is 0 Å². The minimum absolute atomic E-state index is 0.0623. The van der Waals surface area contributed by atoms with Crippen molar-refractivity contribution in [2.75, 3.05) is 6.61 Å².